The minimum atomic E-state index is 0.371. The van der Waals surface area contributed by atoms with Crippen LogP contribution < -0.4 is 5.73 Å². The molecule has 1 aromatic heterocycles. The van der Waals surface area contributed by atoms with Crippen LogP contribution in [0.1, 0.15) is 0 Å². The molecule has 0 aliphatic rings. The maximum absolute atomic E-state index is 5.63. The molecule has 1 heterocycles. The number of nitrogens with zero attached hydrogens (tertiary/aromatic N) is 2. The molecule has 0 amide bonds. The predicted molar refractivity (Wildman–Crippen MR) is 53.2 cm³/mol. The van der Waals surface area contributed by atoms with Crippen LogP contribution in [0.2, 0.25) is 0 Å². The van der Waals surface area contributed by atoms with Gasteiger partial charge in [0.15, 0.2) is 0 Å². The average molecular weight is 192 g/mol. The van der Waals surface area contributed by atoms with Gasteiger partial charge in [-0.2, -0.15) is 0 Å². The molecule has 1 aromatic carbocycles. The predicted octanol–water partition coefficient (Wildman–Crippen LogP) is 1.51. The van der Waals surface area contributed by atoms with Gasteiger partial charge in [-0.25, -0.2) is 5.10 Å². The summed E-state index contributed by atoms with van der Waals surface area (Å²) in [7, 11) is 0. The van der Waals surface area contributed by atoms with Crippen LogP contribution in [0, 0.1) is 4.77 Å². The van der Waals surface area contributed by atoms with E-state index in [1.165, 1.54) is 0 Å². The summed E-state index contributed by atoms with van der Waals surface area (Å²) in [6, 6.07) is 9.61. The Morgan fingerprint density at radius 1 is 1.31 bits per heavy atom. The van der Waals surface area contributed by atoms with Crippen molar-refractivity contribution in [2.24, 2.45) is 0 Å². The molecule has 0 radical (unpaired) electrons. The average Bonchev–Trinajstić information content (AvgIpc) is 2.48. The zero-order valence-electron chi connectivity index (χ0n) is 6.77. The van der Waals surface area contributed by atoms with E-state index in [2.05, 4.69) is 10.2 Å². The van der Waals surface area contributed by atoms with Gasteiger partial charge in [0.05, 0.1) is 5.69 Å². The van der Waals surface area contributed by atoms with Crippen molar-refractivity contribution in [1.29, 1.82) is 0 Å². The van der Waals surface area contributed by atoms with Gasteiger partial charge in [-0.1, -0.05) is 18.2 Å². The first-order valence-corrected chi connectivity index (χ1v) is 4.18. The molecular weight excluding hydrogens is 184 g/mol. The molecular formula is C8H8N4S. The van der Waals surface area contributed by atoms with Crippen molar-refractivity contribution in [1.82, 2.24) is 14.8 Å². The zero-order chi connectivity index (χ0) is 9.26. The highest BCUT2D eigenvalue weighted by Crippen LogP contribution is 2.10. The molecule has 5 heteroatoms. The van der Waals surface area contributed by atoms with Gasteiger partial charge in [-0.05, 0) is 24.4 Å². The van der Waals surface area contributed by atoms with Crippen molar-refractivity contribution in [3.63, 3.8) is 0 Å². The number of hydrogen-bond donors (Lipinski definition) is 2. The molecule has 0 saturated heterocycles. The lowest BCUT2D eigenvalue weighted by molar-refractivity contribution is 1.04. The van der Waals surface area contributed by atoms with E-state index in [1.54, 1.807) is 4.57 Å². The highest BCUT2D eigenvalue weighted by Gasteiger charge is 2.02. The number of hydrogen-bond acceptors (Lipinski definition) is 3. The Balaban J connectivity index is 2.65. The van der Waals surface area contributed by atoms with Crippen molar-refractivity contribution in [3.8, 4) is 5.69 Å². The minimum Gasteiger partial charge on any atom is -0.368 e. The molecule has 2 aromatic rings. The molecule has 0 aliphatic carbocycles. The van der Waals surface area contributed by atoms with Gasteiger partial charge in [0.25, 0.3) is 0 Å². The molecule has 0 bridgehead atoms. The largest absolute Gasteiger partial charge is 0.368 e. The summed E-state index contributed by atoms with van der Waals surface area (Å²) in [5, 5.41) is 6.44. The van der Waals surface area contributed by atoms with Crippen molar-refractivity contribution in [2.45, 2.75) is 0 Å². The molecule has 0 saturated carbocycles. The standard InChI is InChI=1S/C8H8N4S/c9-7-10-11-8(13)12(7)6-4-2-1-3-5-6/h1-5H,(H2,9,10)(H,11,13). The van der Waals surface area contributed by atoms with Crippen LogP contribution in [0.4, 0.5) is 5.95 Å². The van der Waals surface area contributed by atoms with Crippen molar-refractivity contribution in [3.05, 3.63) is 35.1 Å². The summed E-state index contributed by atoms with van der Waals surface area (Å²) >= 11 is 5.02. The van der Waals surface area contributed by atoms with Gasteiger partial charge < -0.3 is 5.73 Å². The van der Waals surface area contributed by atoms with Crippen LogP contribution in [-0.2, 0) is 0 Å². The maximum atomic E-state index is 5.63. The molecule has 0 atom stereocenters. The second kappa shape index (κ2) is 3.02. The van der Waals surface area contributed by atoms with E-state index in [0.29, 0.717) is 10.7 Å². The van der Waals surface area contributed by atoms with Gasteiger partial charge in [-0.15, -0.1) is 5.10 Å². The summed E-state index contributed by atoms with van der Waals surface area (Å²) in [6.07, 6.45) is 0. The topological polar surface area (TPSA) is 59.6 Å². The van der Waals surface area contributed by atoms with E-state index in [9.17, 15) is 0 Å². The van der Waals surface area contributed by atoms with Crippen molar-refractivity contribution in [2.75, 3.05) is 5.73 Å². The number of rotatable bonds is 1. The quantitative estimate of drug-likeness (QED) is 0.673. The molecule has 2 rings (SSSR count). The third-order valence-electron chi connectivity index (χ3n) is 1.71. The number of anilines is 1. The monoisotopic (exact) mass is 192 g/mol. The summed E-state index contributed by atoms with van der Waals surface area (Å²) in [6.45, 7) is 0. The van der Waals surface area contributed by atoms with E-state index in [4.69, 9.17) is 18.0 Å². The van der Waals surface area contributed by atoms with Gasteiger partial charge in [0.1, 0.15) is 0 Å². The second-order valence-electron chi connectivity index (χ2n) is 2.56. The van der Waals surface area contributed by atoms with Gasteiger partial charge in [-0.3, -0.25) is 4.57 Å². The van der Waals surface area contributed by atoms with E-state index in [-0.39, 0.29) is 0 Å². The summed E-state index contributed by atoms with van der Waals surface area (Å²) in [5.74, 6) is 0.371. The normalized spacial score (nSPS) is 10.2. The number of benzene rings is 1. The smallest absolute Gasteiger partial charge is 0.225 e. The Hall–Kier alpha value is -1.62. The summed E-state index contributed by atoms with van der Waals surface area (Å²) < 4.78 is 2.18. The molecule has 13 heavy (non-hydrogen) atoms. The third kappa shape index (κ3) is 1.33. The minimum absolute atomic E-state index is 0.371. The van der Waals surface area contributed by atoms with Gasteiger partial charge in [0.2, 0.25) is 10.7 Å². The maximum Gasteiger partial charge on any atom is 0.225 e. The van der Waals surface area contributed by atoms with Crippen LogP contribution in [0.5, 0.6) is 0 Å². The molecule has 66 valence electrons. The number of H-pyrrole nitrogens is 1. The first kappa shape index (κ1) is 8.00. The molecule has 4 nitrogen and oxygen atoms in total. The fraction of sp³-hybridized carbons (Fsp3) is 0. The van der Waals surface area contributed by atoms with E-state index >= 15 is 0 Å². The van der Waals surface area contributed by atoms with Crippen LogP contribution in [0.3, 0.4) is 0 Å². The molecule has 0 fully saturated rings. The fourth-order valence-electron chi connectivity index (χ4n) is 1.14. The van der Waals surface area contributed by atoms with Gasteiger partial charge in [0, 0.05) is 0 Å². The molecule has 0 aliphatic heterocycles. The lowest BCUT2D eigenvalue weighted by Gasteiger charge is -2.01. The number of aromatic amines is 1. The summed E-state index contributed by atoms with van der Waals surface area (Å²) in [4.78, 5) is 0. The van der Waals surface area contributed by atoms with Crippen LogP contribution in [0.25, 0.3) is 5.69 Å². The van der Waals surface area contributed by atoms with Crippen LogP contribution >= 0.6 is 12.2 Å². The number of nitrogen functional groups attached to an aromatic ring is 1. The second-order valence-corrected chi connectivity index (χ2v) is 2.94. The summed E-state index contributed by atoms with van der Waals surface area (Å²) in [5.41, 5.74) is 6.54. The van der Waals surface area contributed by atoms with E-state index in [0.717, 1.165) is 5.69 Å². The van der Waals surface area contributed by atoms with E-state index in [1.807, 2.05) is 30.3 Å². The fourth-order valence-corrected chi connectivity index (χ4v) is 1.38. The Kier molecular flexibility index (Phi) is 1.86. The number of nitrogens with one attached hydrogen (secondary N) is 1. The Morgan fingerprint density at radius 2 is 2.00 bits per heavy atom. The Labute approximate surface area is 80.0 Å². The van der Waals surface area contributed by atoms with E-state index < -0.39 is 0 Å². The third-order valence-corrected chi connectivity index (χ3v) is 1.99. The highest BCUT2D eigenvalue weighted by molar-refractivity contribution is 7.71. The SMILES string of the molecule is Nc1n[nH]c(=S)n1-c1ccccc1. The highest BCUT2D eigenvalue weighted by atomic mass is 32.1. The zero-order valence-corrected chi connectivity index (χ0v) is 7.58. The van der Waals surface area contributed by atoms with Crippen LogP contribution in [-0.4, -0.2) is 14.8 Å². The van der Waals surface area contributed by atoms with Crippen LogP contribution in [0.15, 0.2) is 30.3 Å². The number of nitrogens with two attached hydrogens (primary N) is 1. The Bertz CT molecular complexity index is 456. The van der Waals surface area contributed by atoms with Gasteiger partial charge >= 0.3 is 0 Å². The molecule has 3 N–H and O–H groups in total. The number of aromatic nitrogens is 3. The molecule has 0 spiro atoms. The molecule has 0 unspecified atom stereocenters. The van der Waals surface area contributed by atoms with Crippen molar-refractivity contribution < 1.29 is 0 Å². The lowest BCUT2D eigenvalue weighted by atomic mass is 10.3. The van der Waals surface area contributed by atoms with Crippen molar-refractivity contribution >= 4 is 18.2 Å². The number of para-hydroxylation sites is 1. The lowest BCUT2D eigenvalue weighted by Crippen LogP contribution is -2.00. The Morgan fingerprint density at radius 3 is 2.54 bits per heavy atom. The first-order valence-electron chi connectivity index (χ1n) is 3.77. The first-order chi connectivity index (χ1) is 6.29.